The highest BCUT2D eigenvalue weighted by atomic mass is 19.4. The molecule has 0 radical (unpaired) electrons. The smallest absolute Gasteiger partial charge is 0.313 e. The Bertz CT molecular complexity index is 202. The fourth-order valence-electron chi connectivity index (χ4n) is 2.89. The van der Waals surface area contributed by atoms with Crippen LogP contribution in [-0.4, -0.2) is 18.8 Å². The van der Waals surface area contributed by atoms with E-state index in [2.05, 4.69) is 5.32 Å². The molecule has 0 aromatic rings. The van der Waals surface area contributed by atoms with Gasteiger partial charge in [0.25, 0.3) is 0 Å². The Hall–Kier alpha value is -0.250. The number of alkyl halides is 3. The third kappa shape index (κ3) is 2.41. The Morgan fingerprint density at radius 1 is 1.14 bits per heavy atom. The van der Waals surface area contributed by atoms with Crippen LogP contribution in [0.5, 0.6) is 0 Å². The zero-order valence-electron chi connectivity index (χ0n) is 8.11. The monoisotopic (exact) mass is 207 g/mol. The van der Waals surface area contributed by atoms with Crippen molar-refractivity contribution < 1.29 is 13.2 Å². The number of halogens is 3. The molecule has 4 heteroatoms. The summed E-state index contributed by atoms with van der Waals surface area (Å²) in [6, 6.07) is 0.371. The predicted octanol–water partition coefficient (Wildman–Crippen LogP) is 2.72. The van der Waals surface area contributed by atoms with Crippen LogP contribution in [0.4, 0.5) is 13.2 Å². The molecule has 2 rings (SSSR count). The molecule has 2 fully saturated rings. The first-order valence-electron chi connectivity index (χ1n) is 5.35. The van der Waals surface area contributed by atoms with E-state index in [0.29, 0.717) is 12.0 Å². The Morgan fingerprint density at radius 2 is 1.93 bits per heavy atom. The average Bonchev–Trinajstić information content (AvgIpc) is 2.62. The van der Waals surface area contributed by atoms with Gasteiger partial charge < -0.3 is 5.32 Å². The highest BCUT2D eigenvalue weighted by Gasteiger charge is 2.39. The van der Waals surface area contributed by atoms with Crippen molar-refractivity contribution in [3.05, 3.63) is 0 Å². The van der Waals surface area contributed by atoms with Crippen LogP contribution in [0.3, 0.4) is 0 Å². The van der Waals surface area contributed by atoms with Gasteiger partial charge in [0, 0.05) is 12.6 Å². The van der Waals surface area contributed by atoms with Gasteiger partial charge in [0.1, 0.15) is 0 Å². The lowest BCUT2D eigenvalue weighted by molar-refractivity contribution is -0.133. The largest absolute Gasteiger partial charge is 0.390 e. The quantitative estimate of drug-likeness (QED) is 0.750. The second-order valence-corrected chi connectivity index (χ2v) is 4.60. The lowest BCUT2D eigenvalue weighted by atomic mass is 9.95. The fraction of sp³-hybridized carbons (Fsp3) is 1.00. The summed E-state index contributed by atoms with van der Waals surface area (Å²) in [5.74, 6) is 1.46. The molecule has 14 heavy (non-hydrogen) atoms. The third-order valence-electron chi connectivity index (χ3n) is 3.55. The van der Waals surface area contributed by atoms with E-state index in [4.69, 9.17) is 0 Å². The Morgan fingerprint density at radius 3 is 2.43 bits per heavy atom. The molecule has 0 spiro atoms. The minimum atomic E-state index is -4.01. The zero-order chi connectivity index (χ0) is 10.2. The number of hydrogen-bond acceptors (Lipinski definition) is 1. The average molecular weight is 207 g/mol. The van der Waals surface area contributed by atoms with Gasteiger partial charge in [-0.05, 0) is 31.1 Å². The normalized spacial score (nSPS) is 36.6. The molecule has 3 unspecified atom stereocenters. The summed E-state index contributed by atoms with van der Waals surface area (Å²) >= 11 is 0. The maximum absolute atomic E-state index is 11.9. The standard InChI is InChI=1S/C10H16F3N/c11-10(12,13)3-4-14-9-6-7-1-2-8(9)5-7/h7-9,14H,1-6H2. The molecular weight excluding hydrogens is 191 g/mol. The Labute approximate surface area is 82.1 Å². The lowest BCUT2D eigenvalue weighted by Gasteiger charge is -2.23. The van der Waals surface area contributed by atoms with E-state index in [-0.39, 0.29) is 6.54 Å². The van der Waals surface area contributed by atoms with Gasteiger partial charge in [-0.1, -0.05) is 6.42 Å². The maximum atomic E-state index is 11.9. The van der Waals surface area contributed by atoms with Crippen molar-refractivity contribution in [3.63, 3.8) is 0 Å². The fourth-order valence-corrected chi connectivity index (χ4v) is 2.89. The zero-order valence-corrected chi connectivity index (χ0v) is 8.11. The van der Waals surface area contributed by atoms with Gasteiger partial charge in [-0.3, -0.25) is 0 Å². The third-order valence-corrected chi connectivity index (χ3v) is 3.55. The van der Waals surface area contributed by atoms with Crippen molar-refractivity contribution in [2.75, 3.05) is 6.54 Å². The SMILES string of the molecule is FC(F)(F)CCNC1CC2CCC1C2. The summed E-state index contributed by atoms with van der Waals surface area (Å²) in [4.78, 5) is 0. The summed E-state index contributed by atoms with van der Waals surface area (Å²) < 4.78 is 35.6. The first kappa shape index (κ1) is 10.3. The van der Waals surface area contributed by atoms with E-state index < -0.39 is 12.6 Å². The van der Waals surface area contributed by atoms with Gasteiger partial charge in [-0.15, -0.1) is 0 Å². The molecule has 0 amide bonds. The van der Waals surface area contributed by atoms with Crippen LogP contribution >= 0.6 is 0 Å². The van der Waals surface area contributed by atoms with E-state index in [1.54, 1.807) is 0 Å². The van der Waals surface area contributed by atoms with E-state index in [0.717, 1.165) is 12.3 Å². The number of fused-ring (bicyclic) bond motifs is 2. The van der Waals surface area contributed by atoms with Crippen LogP contribution in [0.2, 0.25) is 0 Å². The first-order valence-corrected chi connectivity index (χ1v) is 5.35. The van der Waals surface area contributed by atoms with E-state index in [1.807, 2.05) is 0 Å². The van der Waals surface area contributed by atoms with Crippen molar-refractivity contribution in [2.24, 2.45) is 11.8 Å². The summed E-state index contributed by atoms with van der Waals surface area (Å²) in [5, 5.41) is 3.05. The molecule has 2 aliphatic carbocycles. The summed E-state index contributed by atoms with van der Waals surface area (Å²) in [7, 11) is 0. The minimum Gasteiger partial charge on any atom is -0.313 e. The van der Waals surface area contributed by atoms with Crippen LogP contribution in [-0.2, 0) is 0 Å². The predicted molar refractivity (Wildman–Crippen MR) is 47.9 cm³/mol. The summed E-state index contributed by atoms with van der Waals surface area (Å²) in [5.41, 5.74) is 0. The highest BCUT2D eigenvalue weighted by Crippen LogP contribution is 2.44. The van der Waals surface area contributed by atoms with E-state index in [1.165, 1.54) is 19.3 Å². The van der Waals surface area contributed by atoms with Gasteiger partial charge in [0.15, 0.2) is 0 Å². The van der Waals surface area contributed by atoms with Crippen molar-refractivity contribution in [1.29, 1.82) is 0 Å². The van der Waals surface area contributed by atoms with E-state index in [9.17, 15) is 13.2 Å². The molecule has 2 bridgehead atoms. The molecular formula is C10H16F3N. The number of nitrogens with one attached hydrogen (secondary N) is 1. The Balaban J connectivity index is 1.67. The molecule has 0 heterocycles. The molecule has 0 aliphatic heterocycles. The summed E-state index contributed by atoms with van der Waals surface area (Å²) in [6.07, 6.45) is 0.147. The van der Waals surface area contributed by atoms with Crippen molar-refractivity contribution >= 4 is 0 Å². The summed E-state index contributed by atoms with van der Waals surface area (Å²) in [6.45, 7) is 0.0946. The lowest BCUT2D eigenvalue weighted by Crippen LogP contribution is -2.36. The molecule has 1 N–H and O–H groups in total. The van der Waals surface area contributed by atoms with Crippen LogP contribution < -0.4 is 5.32 Å². The van der Waals surface area contributed by atoms with Crippen LogP contribution in [0.1, 0.15) is 32.1 Å². The molecule has 0 aromatic carbocycles. The maximum Gasteiger partial charge on any atom is 0.390 e. The van der Waals surface area contributed by atoms with Crippen LogP contribution in [0.15, 0.2) is 0 Å². The topological polar surface area (TPSA) is 12.0 Å². The van der Waals surface area contributed by atoms with Gasteiger partial charge in [0.2, 0.25) is 0 Å². The van der Waals surface area contributed by atoms with E-state index >= 15 is 0 Å². The number of hydrogen-bond donors (Lipinski definition) is 1. The first-order chi connectivity index (χ1) is 6.54. The molecule has 1 nitrogen and oxygen atoms in total. The van der Waals surface area contributed by atoms with Crippen LogP contribution in [0.25, 0.3) is 0 Å². The molecule has 2 saturated carbocycles. The van der Waals surface area contributed by atoms with Gasteiger partial charge in [0.05, 0.1) is 6.42 Å². The molecule has 3 atom stereocenters. The van der Waals surface area contributed by atoms with Gasteiger partial charge in [-0.25, -0.2) is 0 Å². The Kier molecular flexibility index (Phi) is 2.73. The van der Waals surface area contributed by atoms with Gasteiger partial charge in [-0.2, -0.15) is 13.2 Å². The van der Waals surface area contributed by atoms with Crippen molar-refractivity contribution in [1.82, 2.24) is 5.32 Å². The second-order valence-electron chi connectivity index (χ2n) is 4.60. The molecule has 82 valence electrons. The second kappa shape index (κ2) is 3.72. The highest BCUT2D eigenvalue weighted by molar-refractivity contribution is 4.93. The molecule has 0 saturated heterocycles. The molecule has 0 aromatic heterocycles. The van der Waals surface area contributed by atoms with Crippen LogP contribution in [0, 0.1) is 11.8 Å². The minimum absolute atomic E-state index is 0.0946. The van der Waals surface area contributed by atoms with Crippen molar-refractivity contribution in [2.45, 2.75) is 44.3 Å². The van der Waals surface area contributed by atoms with Gasteiger partial charge >= 0.3 is 6.18 Å². The van der Waals surface area contributed by atoms with Crippen molar-refractivity contribution in [3.8, 4) is 0 Å². The molecule has 2 aliphatic rings. The number of rotatable bonds is 3.